The lowest BCUT2D eigenvalue weighted by Crippen LogP contribution is -2.46. The first kappa shape index (κ1) is 19.7. The summed E-state index contributed by atoms with van der Waals surface area (Å²) < 4.78 is 16.8. The van der Waals surface area contributed by atoms with E-state index in [2.05, 4.69) is 29.9 Å². The average molecular weight is 442 g/mol. The molecule has 1 fully saturated rings. The minimum Gasteiger partial charge on any atom is -0.497 e. The number of rotatable bonds is 5. The van der Waals surface area contributed by atoms with E-state index >= 15 is 0 Å². The van der Waals surface area contributed by atoms with Crippen molar-refractivity contribution >= 4 is 27.9 Å². The van der Waals surface area contributed by atoms with E-state index in [1.165, 1.54) is 0 Å². The lowest BCUT2D eigenvalue weighted by Gasteiger charge is -2.34. The van der Waals surface area contributed by atoms with Crippen molar-refractivity contribution in [1.82, 2.24) is 25.0 Å². The summed E-state index contributed by atoms with van der Waals surface area (Å²) in [6.07, 6.45) is 1.62. The first-order valence-electron chi connectivity index (χ1n) is 10.8. The Kier molecular flexibility index (Phi) is 4.88. The molecule has 1 aliphatic heterocycles. The number of benzene rings is 2. The fraction of sp³-hybridized carbons (Fsp3) is 0.250. The predicted octanol–water partition coefficient (Wildman–Crippen LogP) is 3.76. The molecule has 0 aliphatic carbocycles. The maximum absolute atomic E-state index is 6.10. The fourth-order valence-corrected chi connectivity index (χ4v) is 4.22. The summed E-state index contributed by atoms with van der Waals surface area (Å²) in [5, 5.41) is 5.14. The number of para-hydroxylation sites is 1. The topological polar surface area (TPSA) is 93.6 Å². The Morgan fingerprint density at radius 3 is 2.61 bits per heavy atom. The molecule has 6 rings (SSSR count). The van der Waals surface area contributed by atoms with Gasteiger partial charge in [-0.3, -0.25) is 4.90 Å². The molecule has 9 heteroatoms. The van der Waals surface area contributed by atoms with Gasteiger partial charge >= 0.3 is 0 Å². The Hall–Kier alpha value is -3.98. The van der Waals surface area contributed by atoms with Crippen LogP contribution in [0.2, 0.25) is 0 Å². The number of fused-ring (bicyclic) bond motifs is 3. The van der Waals surface area contributed by atoms with Crippen molar-refractivity contribution in [3.05, 3.63) is 60.7 Å². The average Bonchev–Trinajstić information content (AvgIpc) is 3.49. The van der Waals surface area contributed by atoms with Crippen LogP contribution in [0, 0.1) is 0 Å². The third-order valence-electron chi connectivity index (χ3n) is 5.99. The zero-order chi connectivity index (χ0) is 22.2. The molecule has 1 aliphatic rings. The Morgan fingerprint density at radius 1 is 0.970 bits per heavy atom. The smallest absolute Gasteiger partial charge is 0.241 e. The van der Waals surface area contributed by atoms with E-state index < -0.39 is 0 Å². The van der Waals surface area contributed by atoms with Crippen LogP contribution >= 0.6 is 0 Å². The van der Waals surface area contributed by atoms with E-state index in [-0.39, 0.29) is 0 Å². The molecule has 0 radical (unpaired) electrons. The van der Waals surface area contributed by atoms with Crippen molar-refractivity contribution in [2.24, 2.45) is 0 Å². The molecule has 0 saturated carbocycles. The number of nitrogens with zero attached hydrogens (tertiary/aromatic N) is 6. The van der Waals surface area contributed by atoms with E-state index in [0.29, 0.717) is 18.3 Å². The van der Waals surface area contributed by atoms with Gasteiger partial charge in [0.05, 0.1) is 13.7 Å². The molecule has 4 heterocycles. The molecule has 2 aromatic carbocycles. The molecule has 1 saturated heterocycles. The van der Waals surface area contributed by atoms with Crippen molar-refractivity contribution in [3.8, 4) is 17.1 Å². The van der Waals surface area contributed by atoms with Crippen LogP contribution in [0.25, 0.3) is 33.5 Å². The molecule has 0 amide bonds. The second-order valence-corrected chi connectivity index (χ2v) is 7.98. The Labute approximate surface area is 189 Å². The van der Waals surface area contributed by atoms with Gasteiger partial charge < -0.3 is 18.6 Å². The van der Waals surface area contributed by atoms with Gasteiger partial charge in [0.2, 0.25) is 11.7 Å². The summed E-state index contributed by atoms with van der Waals surface area (Å²) in [4.78, 5) is 18.1. The molecular formula is C24H22N6O3. The highest BCUT2D eigenvalue weighted by Gasteiger charge is 2.24. The van der Waals surface area contributed by atoms with Gasteiger partial charge in [0, 0.05) is 37.1 Å². The molecule has 0 unspecified atom stereocenters. The molecule has 0 N–H and O–H groups in total. The normalized spacial score (nSPS) is 14.9. The van der Waals surface area contributed by atoms with E-state index in [1.807, 2.05) is 48.5 Å². The van der Waals surface area contributed by atoms with E-state index in [9.17, 15) is 0 Å². The largest absolute Gasteiger partial charge is 0.497 e. The molecule has 166 valence electrons. The quantitative estimate of drug-likeness (QED) is 0.403. The predicted molar refractivity (Wildman–Crippen MR) is 123 cm³/mol. The zero-order valence-corrected chi connectivity index (χ0v) is 18.1. The van der Waals surface area contributed by atoms with Crippen LogP contribution in [0.15, 0.2) is 63.8 Å². The van der Waals surface area contributed by atoms with Crippen LogP contribution in [0.5, 0.6) is 5.75 Å². The van der Waals surface area contributed by atoms with Gasteiger partial charge in [0.15, 0.2) is 11.4 Å². The maximum atomic E-state index is 6.10. The highest BCUT2D eigenvalue weighted by atomic mass is 16.5. The van der Waals surface area contributed by atoms with Crippen LogP contribution in [0.3, 0.4) is 0 Å². The minimum atomic E-state index is 0.583. The highest BCUT2D eigenvalue weighted by Crippen LogP contribution is 2.32. The highest BCUT2D eigenvalue weighted by molar-refractivity contribution is 6.05. The summed E-state index contributed by atoms with van der Waals surface area (Å²) in [6.45, 7) is 3.96. The van der Waals surface area contributed by atoms with Crippen LogP contribution < -0.4 is 9.64 Å². The first-order valence-corrected chi connectivity index (χ1v) is 10.8. The minimum absolute atomic E-state index is 0.583. The molecule has 0 atom stereocenters. The number of aromatic nitrogens is 4. The standard InChI is InChI=1S/C24H22N6O3/c1-31-17-8-6-16(7-9-17)23-27-20(33-28-23)14-29-10-12-30(13-11-29)24-22-21(25-15-26-24)18-4-2-3-5-19(18)32-22/h2-9,15H,10-14H2,1H3. The molecule has 9 nitrogen and oxygen atoms in total. The molecule has 3 aromatic heterocycles. The number of furan rings is 1. The SMILES string of the molecule is COc1ccc(-c2noc(CN3CCN(c4ncnc5c4oc4ccccc45)CC3)n2)cc1. The second-order valence-electron chi connectivity index (χ2n) is 7.98. The van der Waals surface area contributed by atoms with Gasteiger partial charge in [-0.25, -0.2) is 9.97 Å². The van der Waals surface area contributed by atoms with Gasteiger partial charge in [-0.2, -0.15) is 4.98 Å². The Morgan fingerprint density at radius 2 is 1.79 bits per heavy atom. The van der Waals surface area contributed by atoms with Gasteiger partial charge in [-0.15, -0.1) is 0 Å². The van der Waals surface area contributed by atoms with Gasteiger partial charge in [0.25, 0.3) is 0 Å². The van der Waals surface area contributed by atoms with E-state index in [1.54, 1.807) is 13.4 Å². The summed E-state index contributed by atoms with van der Waals surface area (Å²) in [5.41, 5.74) is 3.33. The molecule has 33 heavy (non-hydrogen) atoms. The number of piperazine rings is 1. The third-order valence-corrected chi connectivity index (χ3v) is 5.99. The monoisotopic (exact) mass is 442 g/mol. The van der Waals surface area contributed by atoms with Crippen molar-refractivity contribution in [1.29, 1.82) is 0 Å². The number of methoxy groups -OCH3 is 1. The van der Waals surface area contributed by atoms with Crippen LogP contribution in [0.4, 0.5) is 5.82 Å². The summed E-state index contributed by atoms with van der Waals surface area (Å²) in [5.74, 6) is 2.83. The lowest BCUT2D eigenvalue weighted by atomic mass is 10.2. The Bertz CT molecular complexity index is 1400. The van der Waals surface area contributed by atoms with Crippen LogP contribution in [-0.4, -0.2) is 58.3 Å². The van der Waals surface area contributed by atoms with E-state index in [4.69, 9.17) is 13.7 Å². The number of anilines is 1. The Balaban J connectivity index is 1.14. The van der Waals surface area contributed by atoms with Gasteiger partial charge in [-0.05, 0) is 36.4 Å². The van der Waals surface area contributed by atoms with E-state index in [0.717, 1.165) is 65.4 Å². The second kappa shape index (κ2) is 8.18. The van der Waals surface area contributed by atoms with Crippen LogP contribution in [-0.2, 0) is 6.54 Å². The first-order chi connectivity index (χ1) is 16.3. The zero-order valence-electron chi connectivity index (χ0n) is 18.1. The summed E-state index contributed by atoms with van der Waals surface area (Å²) in [7, 11) is 1.64. The molecule has 0 bridgehead atoms. The summed E-state index contributed by atoms with van der Waals surface area (Å²) in [6, 6.07) is 15.6. The number of hydrogen-bond acceptors (Lipinski definition) is 9. The number of ether oxygens (including phenoxy) is 1. The van der Waals surface area contributed by atoms with Crippen molar-refractivity contribution in [3.63, 3.8) is 0 Å². The maximum Gasteiger partial charge on any atom is 0.241 e. The fourth-order valence-electron chi connectivity index (χ4n) is 4.22. The molecular weight excluding hydrogens is 420 g/mol. The lowest BCUT2D eigenvalue weighted by molar-refractivity contribution is 0.215. The molecule has 5 aromatic rings. The number of hydrogen-bond donors (Lipinski definition) is 0. The third kappa shape index (κ3) is 3.66. The van der Waals surface area contributed by atoms with Crippen molar-refractivity contribution in [2.45, 2.75) is 6.54 Å². The van der Waals surface area contributed by atoms with Crippen molar-refractivity contribution < 1.29 is 13.7 Å². The van der Waals surface area contributed by atoms with Crippen LogP contribution in [0.1, 0.15) is 5.89 Å². The van der Waals surface area contributed by atoms with Gasteiger partial charge in [0.1, 0.15) is 23.2 Å². The molecule has 0 spiro atoms. The summed E-state index contributed by atoms with van der Waals surface area (Å²) >= 11 is 0. The van der Waals surface area contributed by atoms with Crippen molar-refractivity contribution in [2.75, 3.05) is 38.2 Å². The van der Waals surface area contributed by atoms with Gasteiger partial charge in [-0.1, -0.05) is 17.3 Å².